The van der Waals surface area contributed by atoms with Crippen molar-refractivity contribution in [1.82, 2.24) is 4.90 Å². The van der Waals surface area contributed by atoms with Crippen LogP contribution in [-0.2, 0) is 9.53 Å². The first kappa shape index (κ1) is 15.3. The van der Waals surface area contributed by atoms with Gasteiger partial charge in [-0.15, -0.1) is 0 Å². The maximum Gasteiger partial charge on any atom is 0.323 e. The normalized spacial score (nSPS) is 37.6. The second-order valence-corrected chi connectivity index (χ2v) is 7.32. The zero-order chi connectivity index (χ0) is 14.8. The van der Waals surface area contributed by atoms with Crippen molar-refractivity contribution in [3.8, 4) is 0 Å². The fraction of sp³-hybridized carbons (Fsp3) is 0.944. The molecule has 5 atom stereocenters. The maximum atomic E-state index is 12.4. The Bertz CT molecular complexity index is 348. The molecule has 3 nitrogen and oxygen atoms in total. The van der Waals surface area contributed by atoms with Gasteiger partial charge < -0.3 is 4.74 Å². The van der Waals surface area contributed by atoms with Crippen LogP contribution in [0.5, 0.6) is 0 Å². The molecular formula is C18H31NO2. The number of likely N-dealkylation sites (tertiary alicyclic amines) is 1. The number of hydrogen-bond donors (Lipinski definition) is 0. The summed E-state index contributed by atoms with van der Waals surface area (Å²) in [6, 6.07) is 1.25. The van der Waals surface area contributed by atoms with E-state index < -0.39 is 0 Å². The zero-order valence-corrected chi connectivity index (χ0v) is 13.7. The first-order valence-electron chi connectivity index (χ1n) is 9.18. The average molecular weight is 293 g/mol. The topological polar surface area (TPSA) is 29.5 Å². The van der Waals surface area contributed by atoms with E-state index in [0.29, 0.717) is 18.7 Å². The fourth-order valence-electron chi connectivity index (χ4n) is 5.28. The molecule has 3 aliphatic rings. The molecule has 3 fully saturated rings. The quantitative estimate of drug-likeness (QED) is 0.739. The van der Waals surface area contributed by atoms with Gasteiger partial charge in [-0.05, 0) is 50.9 Å². The second-order valence-electron chi connectivity index (χ2n) is 7.32. The van der Waals surface area contributed by atoms with Gasteiger partial charge in [0.1, 0.15) is 6.04 Å². The smallest absolute Gasteiger partial charge is 0.323 e. The molecule has 1 aliphatic heterocycles. The van der Waals surface area contributed by atoms with Crippen molar-refractivity contribution in [2.45, 2.75) is 89.8 Å². The molecule has 21 heavy (non-hydrogen) atoms. The van der Waals surface area contributed by atoms with Crippen LogP contribution in [0.4, 0.5) is 0 Å². The highest BCUT2D eigenvalue weighted by molar-refractivity contribution is 5.75. The Hall–Kier alpha value is -0.570. The lowest BCUT2D eigenvalue weighted by Gasteiger charge is -2.37. The Labute approximate surface area is 129 Å². The molecule has 0 aromatic heterocycles. The number of ether oxygens (including phenoxy) is 1. The summed E-state index contributed by atoms with van der Waals surface area (Å²) in [5, 5.41) is 0. The SMILES string of the molecule is CCCOC(=O)C(C)N1C2CCCCC2C2CCCCC21. The van der Waals surface area contributed by atoms with Crippen molar-refractivity contribution in [3.05, 3.63) is 0 Å². The molecule has 1 saturated heterocycles. The van der Waals surface area contributed by atoms with Crippen LogP contribution in [0.1, 0.15) is 71.6 Å². The van der Waals surface area contributed by atoms with Gasteiger partial charge in [0.15, 0.2) is 0 Å². The summed E-state index contributed by atoms with van der Waals surface area (Å²) in [4.78, 5) is 15.0. The average Bonchev–Trinajstić information content (AvgIpc) is 2.86. The monoisotopic (exact) mass is 293 g/mol. The standard InChI is InChI=1S/C18H31NO2/c1-3-12-21-18(20)13(2)19-16-10-6-4-8-14(16)15-9-5-7-11-17(15)19/h13-17H,3-12H2,1-2H3. The van der Waals surface area contributed by atoms with Gasteiger partial charge in [0.2, 0.25) is 0 Å². The van der Waals surface area contributed by atoms with Crippen LogP contribution < -0.4 is 0 Å². The molecule has 0 bridgehead atoms. The third kappa shape index (κ3) is 2.86. The van der Waals surface area contributed by atoms with Crippen LogP contribution in [0.15, 0.2) is 0 Å². The van der Waals surface area contributed by atoms with Gasteiger partial charge in [0.25, 0.3) is 0 Å². The highest BCUT2D eigenvalue weighted by Crippen LogP contribution is 2.49. The summed E-state index contributed by atoms with van der Waals surface area (Å²) in [7, 11) is 0. The van der Waals surface area contributed by atoms with Crippen LogP contribution >= 0.6 is 0 Å². The Morgan fingerprint density at radius 2 is 1.57 bits per heavy atom. The highest BCUT2D eigenvalue weighted by atomic mass is 16.5. The minimum absolute atomic E-state index is 0.00685. The van der Waals surface area contributed by atoms with Gasteiger partial charge >= 0.3 is 5.97 Å². The summed E-state index contributed by atoms with van der Waals surface area (Å²) in [6.45, 7) is 4.71. The van der Waals surface area contributed by atoms with Gasteiger partial charge in [-0.3, -0.25) is 9.69 Å². The van der Waals surface area contributed by atoms with Crippen molar-refractivity contribution in [2.75, 3.05) is 6.61 Å². The molecule has 5 unspecified atom stereocenters. The molecule has 0 aromatic rings. The molecule has 1 heterocycles. The second kappa shape index (κ2) is 6.68. The minimum atomic E-state index is -0.0461. The molecule has 2 aliphatic carbocycles. The Morgan fingerprint density at radius 1 is 1.05 bits per heavy atom. The van der Waals surface area contributed by atoms with E-state index in [-0.39, 0.29) is 12.0 Å². The van der Waals surface area contributed by atoms with Crippen molar-refractivity contribution >= 4 is 5.97 Å². The predicted molar refractivity (Wildman–Crippen MR) is 84.0 cm³/mol. The number of carbonyl (C=O) groups is 1. The summed E-state index contributed by atoms with van der Waals surface area (Å²) >= 11 is 0. The van der Waals surface area contributed by atoms with Crippen LogP contribution in [0.2, 0.25) is 0 Å². The maximum absolute atomic E-state index is 12.4. The van der Waals surface area contributed by atoms with Crippen LogP contribution in [-0.4, -0.2) is 35.6 Å². The Balaban J connectivity index is 1.76. The molecule has 0 radical (unpaired) electrons. The lowest BCUT2D eigenvalue weighted by Crippen LogP contribution is -2.49. The number of carbonyl (C=O) groups excluding carboxylic acids is 1. The van der Waals surface area contributed by atoms with Gasteiger partial charge in [-0.2, -0.15) is 0 Å². The molecule has 0 aromatic carbocycles. The molecule has 0 N–H and O–H groups in total. The molecule has 2 saturated carbocycles. The van der Waals surface area contributed by atoms with Crippen molar-refractivity contribution in [1.29, 1.82) is 0 Å². The zero-order valence-electron chi connectivity index (χ0n) is 13.7. The van der Waals surface area contributed by atoms with Crippen LogP contribution in [0.3, 0.4) is 0 Å². The van der Waals surface area contributed by atoms with Crippen LogP contribution in [0, 0.1) is 11.8 Å². The minimum Gasteiger partial charge on any atom is -0.465 e. The Kier molecular flexibility index (Phi) is 4.88. The van der Waals surface area contributed by atoms with E-state index in [2.05, 4.69) is 18.7 Å². The molecular weight excluding hydrogens is 262 g/mol. The van der Waals surface area contributed by atoms with E-state index in [1.807, 2.05) is 0 Å². The third-order valence-corrected chi connectivity index (χ3v) is 6.12. The third-order valence-electron chi connectivity index (χ3n) is 6.12. The summed E-state index contributed by atoms with van der Waals surface area (Å²) < 4.78 is 5.44. The lowest BCUT2D eigenvalue weighted by atomic mass is 9.73. The lowest BCUT2D eigenvalue weighted by molar-refractivity contribution is -0.151. The van der Waals surface area contributed by atoms with Gasteiger partial charge in [-0.1, -0.05) is 32.6 Å². The van der Waals surface area contributed by atoms with E-state index in [4.69, 9.17) is 4.74 Å². The largest absolute Gasteiger partial charge is 0.465 e. The number of hydrogen-bond acceptors (Lipinski definition) is 3. The Morgan fingerprint density at radius 3 is 2.10 bits per heavy atom. The highest BCUT2D eigenvalue weighted by Gasteiger charge is 2.52. The molecule has 0 spiro atoms. The molecule has 0 amide bonds. The van der Waals surface area contributed by atoms with E-state index in [1.165, 1.54) is 51.4 Å². The van der Waals surface area contributed by atoms with E-state index in [9.17, 15) is 4.79 Å². The number of fused-ring (bicyclic) bond motifs is 3. The van der Waals surface area contributed by atoms with Gasteiger partial charge in [0.05, 0.1) is 6.61 Å². The first-order valence-corrected chi connectivity index (χ1v) is 9.18. The first-order chi connectivity index (χ1) is 10.2. The molecule has 3 rings (SSSR count). The van der Waals surface area contributed by atoms with E-state index in [0.717, 1.165) is 18.3 Å². The van der Waals surface area contributed by atoms with Crippen molar-refractivity contribution < 1.29 is 9.53 Å². The number of rotatable bonds is 4. The fourth-order valence-corrected chi connectivity index (χ4v) is 5.28. The predicted octanol–water partition coefficient (Wildman–Crippen LogP) is 3.76. The van der Waals surface area contributed by atoms with Crippen LogP contribution in [0.25, 0.3) is 0 Å². The van der Waals surface area contributed by atoms with E-state index >= 15 is 0 Å². The molecule has 120 valence electrons. The van der Waals surface area contributed by atoms with Crippen molar-refractivity contribution in [2.24, 2.45) is 11.8 Å². The van der Waals surface area contributed by atoms with E-state index in [1.54, 1.807) is 0 Å². The van der Waals surface area contributed by atoms with Gasteiger partial charge in [0, 0.05) is 12.1 Å². The summed E-state index contributed by atoms with van der Waals surface area (Å²) in [6.07, 6.45) is 11.8. The number of nitrogens with zero attached hydrogens (tertiary/aromatic N) is 1. The molecule has 3 heteroatoms. The summed E-state index contributed by atoms with van der Waals surface area (Å²) in [5.41, 5.74) is 0. The number of esters is 1. The summed E-state index contributed by atoms with van der Waals surface area (Å²) in [5.74, 6) is 1.71. The van der Waals surface area contributed by atoms with Gasteiger partial charge in [-0.25, -0.2) is 0 Å². The van der Waals surface area contributed by atoms with Crippen molar-refractivity contribution in [3.63, 3.8) is 0 Å².